The van der Waals surface area contributed by atoms with E-state index in [1.165, 1.54) is 12.4 Å². The lowest BCUT2D eigenvalue weighted by Gasteiger charge is -2.30. The Labute approximate surface area is 179 Å². The summed E-state index contributed by atoms with van der Waals surface area (Å²) in [6.07, 6.45) is 5.60. The van der Waals surface area contributed by atoms with Gasteiger partial charge in [0, 0.05) is 51.0 Å². The predicted octanol–water partition coefficient (Wildman–Crippen LogP) is 2.70. The molecule has 1 aromatic heterocycles. The largest absolute Gasteiger partial charge is 0.337 e. The third-order valence-corrected chi connectivity index (χ3v) is 5.12. The number of nitrogens with zero attached hydrogens (tertiary/aromatic N) is 5. The van der Waals surface area contributed by atoms with Crippen molar-refractivity contribution < 1.29 is 9.59 Å². The summed E-state index contributed by atoms with van der Waals surface area (Å²) in [7, 11) is 3.99. The summed E-state index contributed by atoms with van der Waals surface area (Å²) in [5.41, 5.74) is 1.40. The summed E-state index contributed by atoms with van der Waals surface area (Å²) >= 11 is 0. The van der Waals surface area contributed by atoms with Gasteiger partial charge in [-0.25, -0.2) is 4.98 Å². The molecule has 2 rings (SSSR count). The maximum atomic E-state index is 13.1. The van der Waals surface area contributed by atoms with Crippen LogP contribution in [0.15, 0.2) is 48.9 Å². The van der Waals surface area contributed by atoms with Crippen LogP contribution >= 0.6 is 0 Å². The molecule has 0 saturated heterocycles. The molecule has 30 heavy (non-hydrogen) atoms. The molecule has 0 radical (unpaired) electrons. The first kappa shape index (κ1) is 23.5. The molecule has 2 aromatic rings. The standard InChI is InChI=1S/C23H33N5O2/c1-5-19(2)28(23(30)21-17-24-12-13-25-21)14-11-22(29)27(16-15-26(3)4)18-20-9-7-6-8-10-20/h6-10,12-13,17,19H,5,11,14-16,18H2,1-4H3. The molecule has 0 bridgehead atoms. The number of amides is 2. The van der Waals surface area contributed by atoms with Gasteiger partial charge in [-0.05, 0) is 33.0 Å². The molecule has 162 valence electrons. The highest BCUT2D eigenvalue weighted by atomic mass is 16.2. The lowest BCUT2D eigenvalue weighted by Crippen LogP contribution is -2.42. The molecule has 0 fully saturated rings. The van der Waals surface area contributed by atoms with Gasteiger partial charge in [0.15, 0.2) is 0 Å². The highest BCUT2D eigenvalue weighted by Crippen LogP contribution is 2.12. The van der Waals surface area contributed by atoms with E-state index < -0.39 is 0 Å². The number of likely N-dealkylation sites (N-methyl/N-ethyl adjacent to an activating group) is 1. The third kappa shape index (κ3) is 7.22. The highest BCUT2D eigenvalue weighted by Gasteiger charge is 2.24. The average Bonchev–Trinajstić information content (AvgIpc) is 2.77. The van der Waals surface area contributed by atoms with Crippen molar-refractivity contribution in [3.05, 3.63) is 60.2 Å². The Hall–Kier alpha value is -2.80. The van der Waals surface area contributed by atoms with Gasteiger partial charge in [0.2, 0.25) is 5.91 Å². The Morgan fingerprint density at radius 1 is 1.03 bits per heavy atom. The van der Waals surface area contributed by atoms with E-state index in [0.29, 0.717) is 25.3 Å². The summed E-state index contributed by atoms with van der Waals surface area (Å²) in [5.74, 6) is -0.144. The normalized spacial score (nSPS) is 11.9. The van der Waals surface area contributed by atoms with Crippen molar-refractivity contribution in [1.82, 2.24) is 24.7 Å². The fourth-order valence-corrected chi connectivity index (χ4v) is 3.09. The van der Waals surface area contributed by atoms with Crippen LogP contribution in [-0.4, -0.2) is 76.3 Å². The van der Waals surface area contributed by atoms with Crippen molar-refractivity contribution in [1.29, 1.82) is 0 Å². The maximum Gasteiger partial charge on any atom is 0.274 e. The highest BCUT2D eigenvalue weighted by molar-refractivity contribution is 5.92. The van der Waals surface area contributed by atoms with Gasteiger partial charge in [0.1, 0.15) is 5.69 Å². The predicted molar refractivity (Wildman–Crippen MR) is 118 cm³/mol. The van der Waals surface area contributed by atoms with Crippen molar-refractivity contribution >= 4 is 11.8 Å². The molecular formula is C23H33N5O2. The summed E-state index contributed by atoms with van der Waals surface area (Å²) in [4.78, 5) is 39.8. The number of carbonyl (C=O) groups excluding carboxylic acids is 2. The number of hydrogen-bond acceptors (Lipinski definition) is 5. The van der Waals surface area contributed by atoms with Gasteiger partial charge in [0.25, 0.3) is 5.91 Å². The molecule has 1 unspecified atom stereocenters. The minimum atomic E-state index is -0.187. The zero-order valence-corrected chi connectivity index (χ0v) is 18.5. The number of rotatable bonds is 11. The third-order valence-electron chi connectivity index (χ3n) is 5.12. The zero-order chi connectivity index (χ0) is 21.9. The first-order valence-electron chi connectivity index (χ1n) is 10.5. The second kappa shape index (κ2) is 12.0. The fraction of sp³-hybridized carbons (Fsp3) is 0.478. The molecule has 1 atom stereocenters. The number of hydrogen-bond donors (Lipinski definition) is 0. The SMILES string of the molecule is CCC(C)N(CCC(=O)N(CCN(C)C)Cc1ccccc1)C(=O)c1cnccn1. The van der Waals surface area contributed by atoms with Crippen LogP contribution in [0.3, 0.4) is 0 Å². The van der Waals surface area contributed by atoms with Crippen LogP contribution in [0.4, 0.5) is 0 Å². The molecule has 0 aliphatic heterocycles. The summed E-state index contributed by atoms with van der Waals surface area (Å²) in [6, 6.07) is 9.99. The Morgan fingerprint density at radius 3 is 2.37 bits per heavy atom. The maximum absolute atomic E-state index is 13.1. The van der Waals surface area contributed by atoms with E-state index in [2.05, 4.69) is 14.9 Å². The quantitative estimate of drug-likeness (QED) is 0.569. The molecular weight excluding hydrogens is 378 g/mol. The molecule has 0 aliphatic carbocycles. The van der Waals surface area contributed by atoms with Crippen LogP contribution in [0.5, 0.6) is 0 Å². The molecule has 2 amide bonds. The van der Waals surface area contributed by atoms with Crippen LogP contribution in [-0.2, 0) is 11.3 Å². The van der Waals surface area contributed by atoms with E-state index in [1.807, 2.05) is 63.2 Å². The van der Waals surface area contributed by atoms with E-state index in [9.17, 15) is 9.59 Å². The van der Waals surface area contributed by atoms with E-state index in [0.717, 1.165) is 18.5 Å². The van der Waals surface area contributed by atoms with Gasteiger partial charge in [-0.2, -0.15) is 0 Å². The summed E-state index contributed by atoms with van der Waals surface area (Å²) in [5, 5.41) is 0. The van der Waals surface area contributed by atoms with E-state index >= 15 is 0 Å². The molecule has 0 N–H and O–H groups in total. The van der Waals surface area contributed by atoms with Crippen LogP contribution < -0.4 is 0 Å². The number of aromatic nitrogens is 2. The van der Waals surface area contributed by atoms with Crippen LogP contribution in [0.25, 0.3) is 0 Å². The Kier molecular flexibility index (Phi) is 9.41. The lowest BCUT2D eigenvalue weighted by atomic mass is 10.1. The minimum Gasteiger partial charge on any atom is -0.337 e. The molecule has 7 nitrogen and oxygen atoms in total. The molecule has 0 aliphatic rings. The van der Waals surface area contributed by atoms with Gasteiger partial charge in [0.05, 0.1) is 6.20 Å². The summed E-state index contributed by atoms with van der Waals surface area (Å²) in [6.45, 7) is 6.37. The molecule has 1 heterocycles. The Bertz CT molecular complexity index is 783. The van der Waals surface area contributed by atoms with Crippen molar-refractivity contribution in [3.8, 4) is 0 Å². The van der Waals surface area contributed by atoms with E-state index in [4.69, 9.17) is 0 Å². The smallest absolute Gasteiger partial charge is 0.274 e. The van der Waals surface area contributed by atoms with Crippen molar-refractivity contribution in [2.24, 2.45) is 0 Å². The minimum absolute atomic E-state index is 0.0108. The van der Waals surface area contributed by atoms with Gasteiger partial charge < -0.3 is 14.7 Å². The van der Waals surface area contributed by atoms with Crippen LogP contribution in [0.1, 0.15) is 42.7 Å². The fourth-order valence-electron chi connectivity index (χ4n) is 3.09. The van der Waals surface area contributed by atoms with E-state index in [1.54, 1.807) is 11.1 Å². The van der Waals surface area contributed by atoms with Gasteiger partial charge in [-0.15, -0.1) is 0 Å². The van der Waals surface area contributed by atoms with Gasteiger partial charge in [-0.3, -0.25) is 14.6 Å². The first-order valence-corrected chi connectivity index (χ1v) is 10.5. The van der Waals surface area contributed by atoms with Crippen molar-refractivity contribution in [3.63, 3.8) is 0 Å². The topological polar surface area (TPSA) is 69.6 Å². The Balaban J connectivity index is 2.08. The average molecular weight is 412 g/mol. The van der Waals surface area contributed by atoms with Crippen molar-refractivity contribution in [2.45, 2.75) is 39.3 Å². The second-order valence-corrected chi connectivity index (χ2v) is 7.70. The van der Waals surface area contributed by atoms with Gasteiger partial charge in [-0.1, -0.05) is 37.3 Å². The number of carbonyl (C=O) groups is 2. The van der Waals surface area contributed by atoms with Gasteiger partial charge >= 0.3 is 0 Å². The molecule has 0 saturated carbocycles. The van der Waals surface area contributed by atoms with Crippen LogP contribution in [0, 0.1) is 0 Å². The molecule has 7 heteroatoms. The van der Waals surface area contributed by atoms with Crippen molar-refractivity contribution in [2.75, 3.05) is 33.7 Å². The summed E-state index contributed by atoms with van der Waals surface area (Å²) < 4.78 is 0. The first-order chi connectivity index (χ1) is 14.4. The molecule has 0 spiro atoms. The molecule has 1 aromatic carbocycles. The zero-order valence-electron chi connectivity index (χ0n) is 18.5. The number of benzene rings is 1. The second-order valence-electron chi connectivity index (χ2n) is 7.70. The monoisotopic (exact) mass is 411 g/mol. The lowest BCUT2D eigenvalue weighted by molar-refractivity contribution is -0.132. The van der Waals surface area contributed by atoms with Crippen LogP contribution in [0.2, 0.25) is 0 Å². The van der Waals surface area contributed by atoms with E-state index in [-0.39, 0.29) is 24.3 Å². The Morgan fingerprint density at radius 2 is 1.77 bits per heavy atom.